The zero-order valence-electron chi connectivity index (χ0n) is 7.07. The minimum atomic E-state index is -0.987. The van der Waals surface area contributed by atoms with Gasteiger partial charge in [-0.25, -0.2) is 4.79 Å². The van der Waals surface area contributed by atoms with Gasteiger partial charge in [0.15, 0.2) is 0 Å². The lowest BCUT2D eigenvalue weighted by Crippen LogP contribution is -1.96. The van der Waals surface area contributed by atoms with Crippen molar-refractivity contribution in [1.82, 2.24) is 4.98 Å². The van der Waals surface area contributed by atoms with E-state index in [1.165, 1.54) is 6.20 Å². The molecular formula is C10H6ClNO2. The molecule has 0 saturated carbocycles. The first kappa shape index (κ1) is 8.97. The molecule has 0 atom stereocenters. The molecule has 1 aromatic heterocycles. The second kappa shape index (κ2) is 3.27. The largest absolute Gasteiger partial charge is 0.478 e. The highest BCUT2D eigenvalue weighted by molar-refractivity contribution is 6.31. The molecule has 2 rings (SSSR count). The molecule has 0 aliphatic carbocycles. The van der Waals surface area contributed by atoms with E-state index in [1.54, 1.807) is 24.3 Å². The molecule has 70 valence electrons. The molecule has 0 aliphatic rings. The van der Waals surface area contributed by atoms with Crippen molar-refractivity contribution in [3.8, 4) is 0 Å². The number of hydrogen-bond donors (Lipinski definition) is 1. The van der Waals surface area contributed by atoms with Gasteiger partial charge in [-0.2, -0.15) is 0 Å². The van der Waals surface area contributed by atoms with Crippen LogP contribution in [0.15, 0.2) is 30.5 Å². The van der Waals surface area contributed by atoms with Crippen molar-refractivity contribution >= 4 is 28.5 Å². The first-order valence-corrected chi connectivity index (χ1v) is 4.33. The van der Waals surface area contributed by atoms with Gasteiger partial charge in [0.2, 0.25) is 0 Å². The molecule has 0 saturated heterocycles. The van der Waals surface area contributed by atoms with Crippen LogP contribution in [-0.2, 0) is 0 Å². The topological polar surface area (TPSA) is 50.2 Å². The number of pyridine rings is 1. The number of rotatable bonds is 1. The molecule has 14 heavy (non-hydrogen) atoms. The standard InChI is InChI=1S/C10H6ClNO2/c11-8-1-2-9-6(4-8)3-7(5-12-9)10(13)14/h1-5H,(H,13,14). The quantitative estimate of drug-likeness (QED) is 0.782. The highest BCUT2D eigenvalue weighted by atomic mass is 35.5. The van der Waals surface area contributed by atoms with Gasteiger partial charge in [-0.05, 0) is 24.3 Å². The number of nitrogens with zero attached hydrogens (tertiary/aromatic N) is 1. The number of carboxylic acids is 1. The number of carboxylic acid groups (broad SMARTS) is 1. The summed E-state index contributed by atoms with van der Waals surface area (Å²) < 4.78 is 0. The van der Waals surface area contributed by atoms with E-state index < -0.39 is 5.97 Å². The van der Waals surface area contributed by atoms with Gasteiger partial charge in [-0.15, -0.1) is 0 Å². The van der Waals surface area contributed by atoms with E-state index in [4.69, 9.17) is 16.7 Å². The summed E-state index contributed by atoms with van der Waals surface area (Å²) >= 11 is 5.78. The van der Waals surface area contributed by atoms with E-state index in [1.807, 2.05) is 0 Å². The molecule has 0 fully saturated rings. The average Bonchev–Trinajstić information content (AvgIpc) is 2.16. The first-order chi connectivity index (χ1) is 6.66. The van der Waals surface area contributed by atoms with Gasteiger partial charge in [0.05, 0.1) is 11.1 Å². The molecule has 3 nitrogen and oxygen atoms in total. The maximum Gasteiger partial charge on any atom is 0.337 e. The van der Waals surface area contributed by atoms with Crippen molar-refractivity contribution in [2.24, 2.45) is 0 Å². The molecule has 0 spiro atoms. The van der Waals surface area contributed by atoms with Gasteiger partial charge in [-0.1, -0.05) is 11.6 Å². The van der Waals surface area contributed by atoms with E-state index in [0.29, 0.717) is 5.02 Å². The summed E-state index contributed by atoms with van der Waals surface area (Å²) in [6.45, 7) is 0. The normalized spacial score (nSPS) is 10.4. The number of benzene rings is 1. The Morgan fingerprint density at radius 2 is 2.14 bits per heavy atom. The van der Waals surface area contributed by atoms with Gasteiger partial charge in [0.1, 0.15) is 0 Å². The molecule has 0 bridgehead atoms. The third-order valence-corrected chi connectivity index (χ3v) is 2.13. The van der Waals surface area contributed by atoms with Crippen LogP contribution in [0.5, 0.6) is 0 Å². The highest BCUT2D eigenvalue weighted by Gasteiger charge is 2.04. The Labute approximate surface area is 85.0 Å². The second-order valence-electron chi connectivity index (χ2n) is 2.87. The first-order valence-electron chi connectivity index (χ1n) is 3.95. The van der Waals surface area contributed by atoms with E-state index in [-0.39, 0.29) is 5.56 Å². The fraction of sp³-hybridized carbons (Fsp3) is 0. The Hall–Kier alpha value is -1.61. The summed E-state index contributed by atoms with van der Waals surface area (Å²) in [5.74, 6) is -0.987. The molecule has 0 amide bonds. The third kappa shape index (κ3) is 1.54. The van der Waals surface area contributed by atoms with E-state index in [9.17, 15) is 4.79 Å². The lowest BCUT2D eigenvalue weighted by atomic mass is 10.1. The van der Waals surface area contributed by atoms with Gasteiger partial charge >= 0.3 is 5.97 Å². The zero-order chi connectivity index (χ0) is 10.1. The van der Waals surface area contributed by atoms with Crippen LogP contribution in [0.1, 0.15) is 10.4 Å². The maximum atomic E-state index is 10.7. The number of fused-ring (bicyclic) bond motifs is 1. The van der Waals surface area contributed by atoms with E-state index in [2.05, 4.69) is 4.98 Å². The van der Waals surface area contributed by atoms with E-state index in [0.717, 1.165) is 10.9 Å². The number of halogens is 1. The Morgan fingerprint density at radius 1 is 1.36 bits per heavy atom. The minimum Gasteiger partial charge on any atom is -0.478 e. The van der Waals surface area contributed by atoms with Crippen LogP contribution >= 0.6 is 11.6 Å². The fourth-order valence-corrected chi connectivity index (χ4v) is 1.40. The van der Waals surface area contributed by atoms with Gasteiger partial charge in [-0.3, -0.25) is 4.98 Å². The maximum absolute atomic E-state index is 10.7. The lowest BCUT2D eigenvalue weighted by Gasteiger charge is -1.99. The lowest BCUT2D eigenvalue weighted by molar-refractivity contribution is 0.0696. The zero-order valence-corrected chi connectivity index (χ0v) is 7.82. The van der Waals surface area contributed by atoms with Crippen molar-refractivity contribution < 1.29 is 9.90 Å². The van der Waals surface area contributed by atoms with Crippen LogP contribution < -0.4 is 0 Å². The number of carbonyl (C=O) groups is 1. The van der Waals surface area contributed by atoms with Gasteiger partial charge < -0.3 is 5.11 Å². The van der Waals surface area contributed by atoms with Crippen LogP contribution in [0, 0.1) is 0 Å². The Kier molecular flexibility index (Phi) is 2.09. The van der Waals surface area contributed by atoms with Gasteiger partial charge in [0, 0.05) is 16.6 Å². The van der Waals surface area contributed by atoms with Crippen molar-refractivity contribution in [2.45, 2.75) is 0 Å². The fourth-order valence-electron chi connectivity index (χ4n) is 1.22. The van der Waals surface area contributed by atoms with Crippen molar-refractivity contribution in [1.29, 1.82) is 0 Å². The summed E-state index contributed by atoms with van der Waals surface area (Å²) in [7, 11) is 0. The number of hydrogen-bond acceptors (Lipinski definition) is 2. The molecule has 4 heteroatoms. The molecule has 1 N–H and O–H groups in total. The highest BCUT2D eigenvalue weighted by Crippen LogP contribution is 2.18. The SMILES string of the molecule is O=C(O)c1cnc2ccc(Cl)cc2c1. The van der Waals surface area contributed by atoms with E-state index >= 15 is 0 Å². The van der Waals surface area contributed by atoms with Crippen LogP contribution in [0.3, 0.4) is 0 Å². The van der Waals surface area contributed by atoms with Crippen molar-refractivity contribution in [3.05, 3.63) is 41.0 Å². The molecule has 0 unspecified atom stereocenters. The van der Waals surface area contributed by atoms with Crippen molar-refractivity contribution in [2.75, 3.05) is 0 Å². The van der Waals surface area contributed by atoms with Crippen LogP contribution in [0.25, 0.3) is 10.9 Å². The van der Waals surface area contributed by atoms with Crippen LogP contribution in [0.2, 0.25) is 5.02 Å². The Balaban J connectivity index is 2.69. The second-order valence-corrected chi connectivity index (χ2v) is 3.30. The summed E-state index contributed by atoms with van der Waals surface area (Å²) in [5, 5.41) is 10.0. The van der Waals surface area contributed by atoms with Crippen LogP contribution in [0.4, 0.5) is 0 Å². The van der Waals surface area contributed by atoms with Crippen molar-refractivity contribution in [3.63, 3.8) is 0 Å². The average molecular weight is 208 g/mol. The molecule has 2 aromatic rings. The number of aromatic nitrogens is 1. The summed E-state index contributed by atoms with van der Waals surface area (Å²) in [6, 6.07) is 6.72. The Bertz CT molecular complexity index is 510. The minimum absolute atomic E-state index is 0.166. The molecular weight excluding hydrogens is 202 g/mol. The Morgan fingerprint density at radius 3 is 2.86 bits per heavy atom. The predicted octanol–water partition coefficient (Wildman–Crippen LogP) is 2.59. The monoisotopic (exact) mass is 207 g/mol. The molecule has 1 heterocycles. The van der Waals surface area contributed by atoms with Crippen LogP contribution in [-0.4, -0.2) is 16.1 Å². The predicted molar refractivity (Wildman–Crippen MR) is 53.7 cm³/mol. The molecule has 1 aromatic carbocycles. The summed E-state index contributed by atoms with van der Waals surface area (Å²) in [4.78, 5) is 14.7. The number of aromatic carboxylic acids is 1. The molecule has 0 radical (unpaired) electrons. The smallest absolute Gasteiger partial charge is 0.337 e. The summed E-state index contributed by atoms with van der Waals surface area (Å²) in [6.07, 6.45) is 1.33. The molecule has 0 aliphatic heterocycles. The van der Waals surface area contributed by atoms with Gasteiger partial charge in [0.25, 0.3) is 0 Å². The summed E-state index contributed by atoms with van der Waals surface area (Å²) in [5.41, 5.74) is 0.902. The third-order valence-electron chi connectivity index (χ3n) is 1.89.